The molecule has 31 heavy (non-hydrogen) atoms. The molecule has 0 aliphatic carbocycles. The van der Waals surface area contributed by atoms with Crippen molar-refractivity contribution in [2.75, 3.05) is 6.54 Å². The molecule has 1 aliphatic heterocycles. The van der Waals surface area contributed by atoms with Crippen LogP contribution in [0.1, 0.15) is 28.4 Å². The van der Waals surface area contributed by atoms with Crippen LogP contribution < -0.4 is 0 Å². The van der Waals surface area contributed by atoms with Crippen molar-refractivity contribution in [2.45, 2.75) is 19.0 Å². The predicted octanol–water partition coefficient (Wildman–Crippen LogP) is 4.50. The predicted molar refractivity (Wildman–Crippen MR) is 120 cm³/mol. The zero-order valence-electron chi connectivity index (χ0n) is 17.0. The van der Waals surface area contributed by atoms with Gasteiger partial charge in [-0.05, 0) is 40.5 Å². The summed E-state index contributed by atoms with van der Waals surface area (Å²) in [5.41, 5.74) is 7.43. The molecule has 6 heteroatoms. The van der Waals surface area contributed by atoms with Crippen LogP contribution in [-0.4, -0.2) is 37.1 Å². The van der Waals surface area contributed by atoms with Gasteiger partial charge in [0.2, 0.25) is 5.82 Å². The van der Waals surface area contributed by atoms with Crippen LogP contribution in [0.2, 0.25) is 0 Å². The Labute approximate surface area is 179 Å². The number of nitrogens with zero attached hydrogens (tertiary/aromatic N) is 4. The summed E-state index contributed by atoms with van der Waals surface area (Å²) < 4.78 is 0. The van der Waals surface area contributed by atoms with Crippen molar-refractivity contribution < 1.29 is 0 Å². The van der Waals surface area contributed by atoms with Gasteiger partial charge in [-0.2, -0.15) is 5.21 Å². The molecule has 1 unspecified atom stereocenters. The minimum atomic E-state index is 0.128. The van der Waals surface area contributed by atoms with E-state index in [0.29, 0.717) is 5.82 Å². The molecular weight excluding hydrogens is 384 g/mol. The van der Waals surface area contributed by atoms with Crippen LogP contribution in [-0.2, 0) is 13.0 Å². The zero-order chi connectivity index (χ0) is 20.6. The molecule has 0 amide bonds. The molecule has 0 spiro atoms. The number of hydrogen-bond acceptors (Lipinski definition) is 4. The van der Waals surface area contributed by atoms with E-state index in [2.05, 4.69) is 103 Å². The number of para-hydroxylation sites is 1. The number of nitrogens with one attached hydrogen (secondary N) is 2. The van der Waals surface area contributed by atoms with E-state index in [1.807, 2.05) is 6.07 Å². The minimum Gasteiger partial charge on any atom is -0.357 e. The van der Waals surface area contributed by atoms with Crippen LogP contribution in [0.4, 0.5) is 0 Å². The van der Waals surface area contributed by atoms with Gasteiger partial charge < -0.3 is 4.98 Å². The standard InChI is InChI=1S/C25H22N6/c1-2-7-17(8-3-1)16-31-14-13-21-20-11-4-5-12-22(20)26-23(21)24(31)18-9-6-10-19(15-18)25-27-29-30-28-25/h1-12,15,24,26H,13-14,16H2,(H,27,28,29,30). The second kappa shape index (κ2) is 7.49. The molecule has 6 nitrogen and oxygen atoms in total. The molecule has 2 N–H and O–H groups in total. The van der Waals surface area contributed by atoms with E-state index in [9.17, 15) is 0 Å². The molecule has 6 rings (SSSR count). The molecule has 1 aliphatic rings. The van der Waals surface area contributed by atoms with E-state index in [1.165, 1.54) is 33.3 Å². The molecule has 0 bridgehead atoms. The van der Waals surface area contributed by atoms with Crippen LogP contribution >= 0.6 is 0 Å². The van der Waals surface area contributed by atoms with Crippen molar-refractivity contribution in [1.82, 2.24) is 30.5 Å². The second-order valence-electron chi connectivity index (χ2n) is 8.03. The SMILES string of the molecule is c1ccc(CN2CCc3c([nH]c4ccccc34)C2c2cccc(-c3nn[nH]n3)c2)cc1. The molecular formula is C25H22N6. The van der Waals surface area contributed by atoms with Gasteiger partial charge in [-0.3, -0.25) is 4.90 Å². The average molecular weight is 406 g/mol. The lowest BCUT2D eigenvalue weighted by molar-refractivity contribution is 0.202. The van der Waals surface area contributed by atoms with E-state index >= 15 is 0 Å². The van der Waals surface area contributed by atoms with Crippen LogP contribution in [0.15, 0.2) is 78.9 Å². The van der Waals surface area contributed by atoms with Gasteiger partial charge in [-0.15, -0.1) is 10.2 Å². The molecule has 1 atom stereocenters. The second-order valence-corrected chi connectivity index (χ2v) is 8.03. The smallest absolute Gasteiger partial charge is 0.204 e. The molecule has 2 aromatic heterocycles. The highest BCUT2D eigenvalue weighted by molar-refractivity contribution is 5.85. The van der Waals surface area contributed by atoms with E-state index < -0.39 is 0 Å². The number of fused-ring (bicyclic) bond motifs is 3. The summed E-state index contributed by atoms with van der Waals surface area (Å²) in [6.07, 6.45) is 1.03. The first kappa shape index (κ1) is 18.0. The van der Waals surface area contributed by atoms with Crippen molar-refractivity contribution >= 4 is 10.9 Å². The quantitative estimate of drug-likeness (QED) is 0.461. The van der Waals surface area contributed by atoms with Gasteiger partial charge in [-0.25, -0.2) is 0 Å². The largest absolute Gasteiger partial charge is 0.357 e. The summed E-state index contributed by atoms with van der Waals surface area (Å²) >= 11 is 0. The summed E-state index contributed by atoms with van der Waals surface area (Å²) in [6.45, 7) is 1.90. The Kier molecular flexibility index (Phi) is 4.35. The maximum Gasteiger partial charge on any atom is 0.204 e. The fourth-order valence-corrected chi connectivity index (χ4v) is 4.79. The fraction of sp³-hybridized carbons (Fsp3) is 0.160. The molecule has 0 saturated heterocycles. The molecule has 152 valence electrons. The molecule has 3 heterocycles. The van der Waals surface area contributed by atoms with E-state index in [4.69, 9.17) is 0 Å². The number of rotatable bonds is 4. The molecule has 0 fully saturated rings. The van der Waals surface area contributed by atoms with Crippen LogP contribution in [0.25, 0.3) is 22.3 Å². The van der Waals surface area contributed by atoms with Gasteiger partial charge in [0.1, 0.15) is 0 Å². The van der Waals surface area contributed by atoms with Gasteiger partial charge >= 0.3 is 0 Å². The van der Waals surface area contributed by atoms with Crippen molar-refractivity contribution in [1.29, 1.82) is 0 Å². The van der Waals surface area contributed by atoms with Crippen LogP contribution in [0.5, 0.6) is 0 Å². The number of hydrogen-bond donors (Lipinski definition) is 2. The Balaban J connectivity index is 1.49. The fourth-order valence-electron chi connectivity index (χ4n) is 4.79. The molecule has 5 aromatic rings. The van der Waals surface area contributed by atoms with Crippen LogP contribution in [0.3, 0.4) is 0 Å². The number of H-pyrrole nitrogens is 2. The van der Waals surface area contributed by atoms with Gasteiger partial charge in [-0.1, -0.05) is 66.7 Å². The first-order valence-corrected chi connectivity index (χ1v) is 10.6. The van der Waals surface area contributed by atoms with E-state index in [1.54, 1.807) is 0 Å². The zero-order valence-corrected chi connectivity index (χ0v) is 17.0. The molecule has 0 saturated carbocycles. The summed E-state index contributed by atoms with van der Waals surface area (Å²) in [5, 5.41) is 15.9. The highest BCUT2D eigenvalue weighted by Crippen LogP contribution is 2.39. The Morgan fingerprint density at radius 2 is 1.81 bits per heavy atom. The van der Waals surface area contributed by atoms with Crippen molar-refractivity contribution in [2.24, 2.45) is 0 Å². The van der Waals surface area contributed by atoms with Gasteiger partial charge in [0.25, 0.3) is 0 Å². The number of aromatic nitrogens is 5. The molecule has 3 aromatic carbocycles. The number of tetrazole rings is 1. The lowest BCUT2D eigenvalue weighted by Crippen LogP contribution is -2.35. The Morgan fingerprint density at radius 3 is 2.68 bits per heavy atom. The third-order valence-electron chi connectivity index (χ3n) is 6.17. The number of benzene rings is 3. The van der Waals surface area contributed by atoms with Gasteiger partial charge in [0, 0.05) is 35.2 Å². The van der Waals surface area contributed by atoms with E-state index in [-0.39, 0.29) is 6.04 Å². The Hall–Kier alpha value is -3.77. The summed E-state index contributed by atoms with van der Waals surface area (Å²) in [5.74, 6) is 0.615. The van der Waals surface area contributed by atoms with E-state index in [0.717, 1.165) is 25.1 Å². The maximum atomic E-state index is 4.17. The minimum absolute atomic E-state index is 0.128. The highest BCUT2D eigenvalue weighted by atomic mass is 15.5. The summed E-state index contributed by atoms with van der Waals surface area (Å²) in [4.78, 5) is 6.30. The van der Waals surface area contributed by atoms with Crippen molar-refractivity contribution in [3.05, 3.63) is 101 Å². The third-order valence-corrected chi connectivity index (χ3v) is 6.17. The van der Waals surface area contributed by atoms with Gasteiger partial charge in [0.05, 0.1) is 6.04 Å². The normalized spacial score (nSPS) is 16.5. The van der Waals surface area contributed by atoms with Crippen molar-refractivity contribution in [3.63, 3.8) is 0 Å². The number of aromatic amines is 2. The average Bonchev–Trinajstić information content (AvgIpc) is 3.48. The maximum absolute atomic E-state index is 4.17. The van der Waals surface area contributed by atoms with Gasteiger partial charge in [0.15, 0.2) is 0 Å². The Bertz CT molecular complexity index is 1320. The monoisotopic (exact) mass is 406 g/mol. The first-order valence-electron chi connectivity index (χ1n) is 10.6. The summed E-state index contributed by atoms with van der Waals surface area (Å²) in [7, 11) is 0. The first-order chi connectivity index (χ1) is 15.4. The highest BCUT2D eigenvalue weighted by Gasteiger charge is 2.31. The van der Waals surface area contributed by atoms with Crippen LogP contribution in [0, 0.1) is 0 Å². The Morgan fingerprint density at radius 1 is 0.935 bits per heavy atom. The third kappa shape index (κ3) is 3.21. The van der Waals surface area contributed by atoms with Crippen molar-refractivity contribution in [3.8, 4) is 11.4 Å². The molecule has 0 radical (unpaired) electrons. The lowest BCUT2D eigenvalue weighted by atomic mass is 9.91. The lowest BCUT2D eigenvalue weighted by Gasteiger charge is -2.36. The summed E-state index contributed by atoms with van der Waals surface area (Å²) in [6, 6.07) is 27.9. The topological polar surface area (TPSA) is 73.5 Å².